The van der Waals surface area contributed by atoms with Gasteiger partial charge in [0.05, 0.1) is 17.3 Å². The molecule has 0 unspecified atom stereocenters. The summed E-state index contributed by atoms with van der Waals surface area (Å²) in [5.74, 6) is 0.0120. The Kier molecular flexibility index (Phi) is 6.79. The van der Waals surface area contributed by atoms with E-state index in [0.717, 1.165) is 18.4 Å². The zero-order valence-corrected chi connectivity index (χ0v) is 16.6. The van der Waals surface area contributed by atoms with Gasteiger partial charge in [0.1, 0.15) is 0 Å². The fourth-order valence-corrected chi connectivity index (χ4v) is 2.95. The lowest BCUT2D eigenvalue weighted by Crippen LogP contribution is -2.36. The predicted molar refractivity (Wildman–Crippen MR) is 110 cm³/mol. The highest BCUT2D eigenvalue weighted by Crippen LogP contribution is 2.28. The summed E-state index contributed by atoms with van der Waals surface area (Å²) in [6, 6.07) is 16.5. The van der Waals surface area contributed by atoms with Crippen LogP contribution in [0.4, 0.5) is 0 Å². The number of nitrogens with zero attached hydrogens (tertiary/aromatic N) is 1. The van der Waals surface area contributed by atoms with E-state index in [1.165, 1.54) is 0 Å². The summed E-state index contributed by atoms with van der Waals surface area (Å²) in [6.45, 7) is 3.66. The molecule has 2 aromatic carbocycles. The first-order valence-corrected chi connectivity index (χ1v) is 9.69. The Bertz CT molecular complexity index is 962. The van der Waals surface area contributed by atoms with E-state index in [1.807, 2.05) is 44.2 Å². The van der Waals surface area contributed by atoms with E-state index in [0.29, 0.717) is 22.8 Å². The summed E-state index contributed by atoms with van der Waals surface area (Å²) >= 11 is 0. The van der Waals surface area contributed by atoms with E-state index in [4.69, 9.17) is 9.15 Å². The minimum absolute atomic E-state index is 0.0808. The maximum Gasteiger partial charge on any atom is 0.339 e. The average molecular weight is 392 g/mol. The van der Waals surface area contributed by atoms with Crippen LogP contribution in [-0.2, 0) is 9.53 Å². The molecule has 1 aromatic heterocycles. The van der Waals surface area contributed by atoms with Crippen LogP contribution in [0.2, 0.25) is 0 Å². The summed E-state index contributed by atoms with van der Waals surface area (Å²) in [6.07, 6.45) is 3.27. The van der Waals surface area contributed by atoms with E-state index in [-0.39, 0.29) is 18.6 Å². The lowest BCUT2D eigenvalue weighted by molar-refractivity contribution is -0.125. The van der Waals surface area contributed by atoms with Crippen LogP contribution in [0, 0.1) is 0 Å². The van der Waals surface area contributed by atoms with Crippen molar-refractivity contribution in [3.05, 3.63) is 66.4 Å². The van der Waals surface area contributed by atoms with Crippen molar-refractivity contribution in [1.82, 2.24) is 10.3 Å². The number of benzene rings is 2. The molecule has 0 bridgehead atoms. The minimum Gasteiger partial charge on any atom is -0.452 e. The Morgan fingerprint density at radius 3 is 2.45 bits per heavy atom. The second kappa shape index (κ2) is 9.68. The molecule has 29 heavy (non-hydrogen) atoms. The van der Waals surface area contributed by atoms with Crippen LogP contribution in [0.3, 0.4) is 0 Å². The third-order valence-electron chi connectivity index (χ3n) is 4.63. The maximum atomic E-state index is 12.6. The molecule has 0 spiro atoms. The van der Waals surface area contributed by atoms with E-state index in [1.54, 1.807) is 30.5 Å². The first kappa shape index (κ1) is 20.3. The largest absolute Gasteiger partial charge is 0.452 e. The van der Waals surface area contributed by atoms with Crippen LogP contribution in [-0.4, -0.2) is 29.5 Å². The van der Waals surface area contributed by atoms with Gasteiger partial charge >= 0.3 is 5.97 Å². The number of esters is 1. The number of hydrogen-bond donors (Lipinski definition) is 1. The topological polar surface area (TPSA) is 81.4 Å². The highest BCUT2D eigenvalue weighted by molar-refractivity contribution is 5.97. The molecule has 3 aromatic rings. The molecular formula is C23H24N2O4. The second-order valence-corrected chi connectivity index (χ2v) is 6.60. The molecule has 0 saturated heterocycles. The van der Waals surface area contributed by atoms with Gasteiger partial charge in [-0.05, 0) is 25.0 Å². The van der Waals surface area contributed by atoms with Gasteiger partial charge in [0.25, 0.3) is 5.91 Å². The predicted octanol–water partition coefficient (Wildman–Crippen LogP) is 4.47. The highest BCUT2D eigenvalue weighted by atomic mass is 16.5. The van der Waals surface area contributed by atoms with E-state index >= 15 is 0 Å². The van der Waals surface area contributed by atoms with Gasteiger partial charge in [-0.25, -0.2) is 9.78 Å². The number of oxazole rings is 1. The Hall–Kier alpha value is -3.41. The van der Waals surface area contributed by atoms with Gasteiger partial charge in [-0.1, -0.05) is 56.3 Å². The quantitative estimate of drug-likeness (QED) is 0.572. The molecule has 1 N–H and O–H groups in total. The first-order valence-electron chi connectivity index (χ1n) is 9.69. The van der Waals surface area contributed by atoms with Gasteiger partial charge in [0.15, 0.2) is 12.4 Å². The number of nitrogens with one attached hydrogen (secondary N) is 1. The number of amides is 1. The highest BCUT2D eigenvalue weighted by Gasteiger charge is 2.19. The third kappa shape index (κ3) is 5.10. The minimum atomic E-state index is -0.597. The van der Waals surface area contributed by atoms with Crippen LogP contribution in [0.5, 0.6) is 0 Å². The number of aromatic nitrogens is 1. The molecule has 0 aliphatic rings. The van der Waals surface area contributed by atoms with Crippen molar-refractivity contribution < 1.29 is 18.7 Å². The number of carbonyl (C=O) groups is 2. The zero-order valence-electron chi connectivity index (χ0n) is 16.6. The Morgan fingerprint density at radius 2 is 1.72 bits per heavy atom. The third-order valence-corrected chi connectivity index (χ3v) is 4.63. The van der Waals surface area contributed by atoms with Crippen LogP contribution in [0.1, 0.15) is 37.0 Å². The van der Waals surface area contributed by atoms with Crippen molar-refractivity contribution in [1.29, 1.82) is 0 Å². The molecule has 6 heteroatoms. The van der Waals surface area contributed by atoms with E-state index in [2.05, 4.69) is 10.3 Å². The lowest BCUT2D eigenvalue weighted by Gasteiger charge is -2.14. The fourth-order valence-electron chi connectivity index (χ4n) is 2.95. The van der Waals surface area contributed by atoms with Gasteiger partial charge in [-0.3, -0.25) is 4.79 Å². The van der Waals surface area contributed by atoms with Crippen LogP contribution < -0.4 is 5.32 Å². The summed E-state index contributed by atoms with van der Waals surface area (Å²) < 4.78 is 11.1. The second-order valence-electron chi connectivity index (χ2n) is 6.60. The molecule has 0 saturated carbocycles. The van der Waals surface area contributed by atoms with Crippen LogP contribution >= 0.6 is 0 Å². The average Bonchev–Trinajstić information content (AvgIpc) is 3.26. The van der Waals surface area contributed by atoms with Crippen LogP contribution in [0.15, 0.2) is 65.2 Å². The monoisotopic (exact) mass is 392 g/mol. The lowest BCUT2D eigenvalue weighted by atomic mass is 10.1. The van der Waals surface area contributed by atoms with Crippen molar-refractivity contribution >= 4 is 11.9 Å². The van der Waals surface area contributed by atoms with Crippen molar-refractivity contribution in [2.75, 3.05) is 6.61 Å². The van der Waals surface area contributed by atoms with Gasteiger partial charge in [-0.2, -0.15) is 0 Å². The molecule has 6 nitrogen and oxygen atoms in total. The summed E-state index contributed by atoms with van der Waals surface area (Å²) in [5.41, 5.74) is 1.70. The molecule has 0 aliphatic carbocycles. The van der Waals surface area contributed by atoms with Crippen molar-refractivity contribution in [3.8, 4) is 22.8 Å². The Balaban J connectivity index is 1.73. The molecule has 0 radical (unpaired) electrons. The fraction of sp³-hybridized carbons (Fsp3) is 0.261. The van der Waals surface area contributed by atoms with Gasteiger partial charge in [0, 0.05) is 11.6 Å². The van der Waals surface area contributed by atoms with Crippen LogP contribution in [0.25, 0.3) is 22.8 Å². The first-order chi connectivity index (χ1) is 14.1. The molecule has 1 amide bonds. The Morgan fingerprint density at radius 1 is 1.03 bits per heavy atom. The number of rotatable bonds is 8. The van der Waals surface area contributed by atoms with E-state index in [9.17, 15) is 9.59 Å². The van der Waals surface area contributed by atoms with Gasteiger partial charge in [0.2, 0.25) is 5.89 Å². The number of carbonyl (C=O) groups excluding carboxylic acids is 2. The number of ether oxygens (including phenoxy) is 1. The van der Waals surface area contributed by atoms with Crippen molar-refractivity contribution in [2.24, 2.45) is 0 Å². The maximum absolute atomic E-state index is 12.6. The molecule has 1 heterocycles. The van der Waals surface area contributed by atoms with Crippen molar-refractivity contribution in [3.63, 3.8) is 0 Å². The van der Waals surface area contributed by atoms with Gasteiger partial charge < -0.3 is 14.5 Å². The standard InChI is InChI=1S/C23H24N2O4/c1-3-17(4-2)25-21(26)15-28-23(27)19-13-9-8-12-18(19)22-24-14-20(29-22)16-10-6-5-7-11-16/h5-14,17H,3-4,15H2,1-2H3,(H,25,26). The summed E-state index contributed by atoms with van der Waals surface area (Å²) in [7, 11) is 0. The summed E-state index contributed by atoms with van der Waals surface area (Å²) in [4.78, 5) is 28.9. The molecule has 150 valence electrons. The number of hydrogen-bond acceptors (Lipinski definition) is 5. The zero-order chi connectivity index (χ0) is 20.6. The normalized spacial score (nSPS) is 10.7. The Labute approximate surface area is 169 Å². The molecule has 0 fully saturated rings. The SMILES string of the molecule is CCC(CC)NC(=O)COC(=O)c1ccccc1-c1ncc(-c2ccccc2)o1. The van der Waals surface area contributed by atoms with E-state index < -0.39 is 5.97 Å². The molecule has 0 aliphatic heterocycles. The molecule has 3 rings (SSSR count). The van der Waals surface area contributed by atoms with Gasteiger partial charge in [-0.15, -0.1) is 0 Å². The molecular weight excluding hydrogens is 368 g/mol. The van der Waals surface area contributed by atoms with Crippen molar-refractivity contribution in [2.45, 2.75) is 32.7 Å². The molecule has 0 atom stereocenters. The summed E-state index contributed by atoms with van der Waals surface area (Å²) in [5, 5.41) is 2.84. The smallest absolute Gasteiger partial charge is 0.339 e.